The van der Waals surface area contributed by atoms with Crippen molar-refractivity contribution in [1.82, 2.24) is 5.43 Å². The fraction of sp³-hybridized carbons (Fsp3) is 0.0909. The van der Waals surface area contributed by atoms with Gasteiger partial charge in [-0.3, -0.25) is 4.79 Å². The largest absolute Gasteiger partial charge is 0.508 e. The van der Waals surface area contributed by atoms with E-state index in [1.54, 1.807) is 31.2 Å². The molecule has 1 unspecified atom stereocenters. The molecule has 3 rings (SSSR count). The zero-order valence-electron chi connectivity index (χ0n) is 14.9. The van der Waals surface area contributed by atoms with Gasteiger partial charge >= 0.3 is 0 Å². The Morgan fingerprint density at radius 3 is 2.41 bits per heavy atom. The molecule has 1 atom stereocenters. The van der Waals surface area contributed by atoms with Crippen molar-refractivity contribution in [2.24, 2.45) is 5.10 Å². The molecule has 2 N–H and O–H groups in total. The molecule has 0 saturated carbocycles. The zero-order valence-corrected chi connectivity index (χ0v) is 14.9. The maximum absolute atomic E-state index is 12.1. The normalized spacial score (nSPS) is 11.9. The van der Waals surface area contributed by atoms with E-state index in [4.69, 9.17) is 4.74 Å². The Labute approximate surface area is 157 Å². The van der Waals surface area contributed by atoms with Crippen molar-refractivity contribution in [3.05, 3.63) is 84.4 Å². The molecular weight excluding hydrogens is 340 g/mol. The van der Waals surface area contributed by atoms with Crippen molar-refractivity contribution in [2.45, 2.75) is 13.0 Å². The average Bonchev–Trinajstić information content (AvgIpc) is 2.69. The maximum Gasteiger partial charge on any atom is 0.280 e. The van der Waals surface area contributed by atoms with Gasteiger partial charge in [0.05, 0.1) is 6.21 Å². The summed E-state index contributed by atoms with van der Waals surface area (Å²) in [4.78, 5) is 12.1. The molecule has 0 aliphatic rings. The smallest absolute Gasteiger partial charge is 0.280 e. The first-order valence-corrected chi connectivity index (χ1v) is 8.56. The van der Waals surface area contributed by atoms with Gasteiger partial charge < -0.3 is 9.84 Å². The van der Waals surface area contributed by atoms with E-state index in [2.05, 4.69) is 10.5 Å². The van der Waals surface area contributed by atoms with E-state index >= 15 is 0 Å². The molecule has 1 amide bonds. The Kier molecular flexibility index (Phi) is 5.84. The molecule has 3 aromatic carbocycles. The predicted molar refractivity (Wildman–Crippen MR) is 106 cm³/mol. The number of phenolic OH excluding ortho intramolecular Hbond substituents is 1. The summed E-state index contributed by atoms with van der Waals surface area (Å²) in [5.41, 5.74) is 5.31. The van der Waals surface area contributed by atoms with E-state index in [1.165, 1.54) is 6.21 Å². The quantitative estimate of drug-likeness (QED) is 0.516. The number of aromatic hydroxyl groups is 1. The van der Waals surface area contributed by atoms with Gasteiger partial charge in [0.2, 0.25) is 0 Å². The number of amides is 1. The third kappa shape index (κ3) is 5.19. The summed E-state index contributed by atoms with van der Waals surface area (Å²) in [5.74, 6) is 0.383. The Balaban J connectivity index is 1.55. The van der Waals surface area contributed by atoms with Gasteiger partial charge in [0.1, 0.15) is 11.5 Å². The zero-order chi connectivity index (χ0) is 19.1. The highest BCUT2D eigenvalue weighted by Crippen LogP contribution is 2.22. The third-order valence-electron chi connectivity index (χ3n) is 3.90. The molecule has 0 bridgehead atoms. The molecule has 3 aromatic rings. The van der Waals surface area contributed by atoms with Crippen LogP contribution in [0, 0.1) is 0 Å². The van der Waals surface area contributed by atoms with Crippen LogP contribution in [0.25, 0.3) is 11.1 Å². The first-order valence-electron chi connectivity index (χ1n) is 8.56. The van der Waals surface area contributed by atoms with Gasteiger partial charge in [0, 0.05) is 0 Å². The Hall–Kier alpha value is -3.60. The summed E-state index contributed by atoms with van der Waals surface area (Å²) in [6.07, 6.45) is 0.757. The molecule has 5 heteroatoms. The Morgan fingerprint density at radius 2 is 1.70 bits per heavy atom. The number of hydrazone groups is 1. The van der Waals surface area contributed by atoms with Gasteiger partial charge in [0.15, 0.2) is 6.10 Å². The van der Waals surface area contributed by atoms with Crippen molar-refractivity contribution in [2.75, 3.05) is 0 Å². The molecule has 0 saturated heterocycles. The van der Waals surface area contributed by atoms with Crippen molar-refractivity contribution < 1.29 is 14.6 Å². The molecular formula is C22H20N2O3. The van der Waals surface area contributed by atoms with Crippen LogP contribution in [0.15, 0.2) is 84.0 Å². The van der Waals surface area contributed by atoms with Gasteiger partial charge in [-0.05, 0) is 47.9 Å². The fourth-order valence-corrected chi connectivity index (χ4v) is 2.48. The van der Waals surface area contributed by atoms with Crippen molar-refractivity contribution in [3.8, 4) is 22.6 Å². The van der Waals surface area contributed by atoms with E-state index in [9.17, 15) is 9.90 Å². The molecule has 0 aliphatic carbocycles. The Morgan fingerprint density at radius 1 is 1.00 bits per heavy atom. The van der Waals surface area contributed by atoms with Crippen LogP contribution in [-0.2, 0) is 4.79 Å². The SMILES string of the molecule is CC(Oc1ccc(-c2ccccc2)cc1)C(=O)N/N=C/c1cccc(O)c1. The molecule has 0 fully saturated rings. The second kappa shape index (κ2) is 8.67. The predicted octanol–water partition coefficient (Wildman–Crippen LogP) is 3.98. The molecule has 0 aromatic heterocycles. The summed E-state index contributed by atoms with van der Waals surface area (Å²) in [5, 5.41) is 13.3. The number of phenols is 1. The summed E-state index contributed by atoms with van der Waals surface area (Å²) in [6, 6.07) is 24.2. The molecule has 0 radical (unpaired) electrons. The lowest BCUT2D eigenvalue weighted by Gasteiger charge is -2.13. The first-order chi connectivity index (χ1) is 13.1. The van der Waals surface area contributed by atoms with Gasteiger partial charge in [0.25, 0.3) is 5.91 Å². The number of carbonyl (C=O) groups is 1. The van der Waals surface area contributed by atoms with Crippen molar-refractivity contribution in [1.29, 1.82) is 0 Å². The second-order valence-electron chi connectivity index (χ2n) is 5.98. The van der Waals surface area contributed by atoms with E-state index in [0.717, 1.165) is 11.1 Å². The molecule has 27 heavy (non-hydrogen) atoms. The van der Waals surface area contributed by atoms with E-state index in [0.29, 0.717) is 11.3 Å². The van der Waals surface area contributed by atoms with Crippen LogP contribution in [-0.4, -0.2) is 23.3 Å². The Bertz CT molecular complexity index is 922. The molecule has 0 heterocycles. The van der Waals surface area contributed by atoms with Crippen LogP contribution in [0.4, 0.5) is 0 Å². The number of nitrogens with one attached hydrogen (secondary N) is 1. The minimum absolute atomic E-state index is 0.140. The molecule has 0 aliphatic heterocycles. The number of ether oxygens (including phenoxy) is 1. The second-order valence-corrected chi connectivity index (χ2v) is 5.98. The number of hydrogen-bond acceptors (Lipinski definition) is 4. The number of hydrogen-bond donors (Lipinski definition) is 2. The van der Waals surface area contributed by atoms with E-state index in [-0.39, 0.29) is 11.7 Å². The van der Waals surface area contributed by atoms with Gasteiger partial charge in [-0.15, -0.1) is 0 Å². The monoisotopic (exact) mass is 360 g/mol. The van der Waals surface area contributed by atoms with E-state index in [1.807, 2.05) is 54.6 Å². The molecule has 136 valence electrons. The third-order valence-corrected chi connectivity index (χ3v) is 3.90. The highest BCUT2D eigenvalue weighted by Gasteiger charge is 2.13. The van der Waals surface area contributed by atoms with Crippen LogP contribution in [0.2, 0.25) is 0 Å². The van der Waals surface area contributed by atoms with Crippen LogP contribution in [0.1, 0.15) is 12.5 Å². The lowest BCUT2D eigenvalue weighted by atomic mass is 10.1. The highest BCUT2D eigenvalue weighted by atomic mass is 16.5. The number of rotatable bonds is 6. The highest BCUT2D eigenvalue weighted by molar-refractivity contribution is 5.84. The molecule has 0 spiro atoms. The fourth-order valence-electron chi connectivity index (χ4n) is 2.48. The van der Waals surface area contributed by atoms with Crippen molar-refractivity contribution >= 4 is 12.1 Å². The van der Waals surface area contributed by atoms with Crippen molar-refractivity contribution in [3.63, 3.8) is 0 Å². The lowest BCUT2D eigenvalue weighted by Crippen LogP contribution is -2.33. The lowest BCUT2D eigenvalue weighted by molar-refractivity contribution is -0.127. The molecule has 5 nitrogen and oxygen atoms in total. The topological polar surface area (TPSA) is 70.9 Å². The number of benzene rings is 3. The minimum Gasteiger partial charge on any atom is -0.508 e. The summed E-state index contributed by atoms with van der Waals surface area (Å²) < 4.78 is 5.66. The standard InChI is InChI=1S/C22H20N2O3/c1-16(22(26)24-23-15-17-6-5-9-20(25)14-17)27-21-12-10-19(11-13-21)18-7-3-2-4-8-18/h2-16,25H,1H3,(H,24,26)/b23-15+. The van der Waals surface area contributed by atoms with Crippen LogP contribution in [0.3, 0.4) is 0 Å². The van der Waals surface area contributed by atoms with Gasteiger partial charge in [-0.1, -0.05) is 54.6 Å². The summed E-state index contributed by atoms with van der Waals surface area (Å²) in [6.45, 7) is 1.66. The summed E-state index contributed by atoms with van der Waals surface area (Å²) >= 11 is 0. The van der Waals surface area contributed by atoms with Crippen LogP contribution >= 0.6 is 0 Å². The number of carbonyl (C=O) groups excluding carboxylic acids is 1. The van der Waals surface area contributed by atoms with Crippen LogP contribution in [0.5, 0.6) is 11.5 Å². The van der Waals surface area contributed by atoms with Gasteiger partial charge in [-0.2, -0.15) is 5.10 Å². The first kappa shape index (κ1) is 18.2. The number of nitrogens with zero attached hydrogens (tertiary/aromatic N) is 1. The summed E-state index contributed by atoms with van der Waals surface area (Å²) in [7, 11) is 0. The van der Waals surface area contributed by atoms with Crippen LogP contribution < -0.4 is 10.2 Å². The van der Waals surface area contributed by atoms with Gasteiger partial charge in [-0.25, -0.2) is 5.43 Å². The average molecular weight is 360 g/mol. The van der Waals surface area contributed by atoms with E-state index < -0.39 is 6.10 Å². The minimum atomic E-state index is -0.700. The maximum atomic E-state index is 12.1.